The minimum atomic E-state index is -0.420. The number of hydrogen-bond donors (Lipinski definition) is 2. The van der Waals surface area contributed by atoms with Gasteiger partial charge >= 0.3 is 5.97 Å². The first-order valence-electron chi connectivity index (χ1n) is 9.35. The lowest BCUT2D eigenvalue weighted by Gasteiger charge is -2.13. The molecule has 2 amide bonds. The highest BCUT2D eigenvalue weighted by atomic mass is 16.5. The fourth-order valence-electron chi connectivity index (χ4n) is 2.56. The normalized spacial score (nSPS) is 10.4. The number of rotatable bonds is 9. The molecule has 2 N–H and O–H groups in total. The van der Waals surface area contributed by atoms with Crippen molar-refractivity contribution in [2.24, 2.45) is 0 Å². The molecule has 0 spiro atoms. The molecular weight excluding hydrogens is 356 g/mol. The molecule has 6 heteroatoms. The van der Waals surface area contributed by atoms with E-state index in [9.17, 15) is 14.4 Å². The second-order valence-electron chi connectivity index (χ2n) is 6.68. The summed E-state index contributed by atoms with van der Waals surface area (Å²) in [4.78, 5) is 36.2. The molecule has 2 rings (SSSR count). The van der Waals surface area contributed by atoms with Crippen molar-refractivity contribution < 1.29 is 19.1 Å². The van der Waals surface area contributed by atoms with Gasteiger partial charge in [0.05, 0.1) is 24.3 Å². The molecule has 2 aromatic rings. The van der Waals surface area contributed by atoms with Gasteiger partial charge in [0.15, 0.2) is 0 Å². The van der Waals surface area contributed by atoms with Crippen LogP contribution in [0.5, 0.6) is 0 Å². The molecule has 0 fully saturated rings. The second-order valence-corrected chi connectivity index (χ2v) is 6.68. The number of hydrogen-bond acceptors (Lipinski definition) is 4. The first-order chi connectivity index (χ1) is 13.5. The van der Waals surface area contributed by atoms with Gasteiger partial charge in [0.1, 0.15) is 0 Å². The SMILES string of the molecule is CC(C)NC(=O)c1ccccc1NC(=O)CCC(=O)OCCc1ccccc1. The monoisotopic (exact) mass is 382 g/mol. The van der Waals surface area contributed by atoms with E-state index in [2.05, 4.69) is 10.6 Å². The van der Waals surface area contributed by atoms with Crippen molar-refractivity contribution in [1.82, 2.24) is 5.32 Å². The van der Waals surface area contributed by atoms with E-state index in [0.29, 0.717) is 17.7 Å². The van der Waals surface area contributed by atoms with E-state index in [1.54, 1.807) is 24.3 Å². The lowest BCUT2D eigenvalue weighted by Crippen LogP contribution is -2.31. The Kier molecular flexibility index (Phi) is 8.21. The third kappa shape index (κ3) is 7.23. The van der Waals surface area contributed by atoms with Crippen molar-refractivity contribution in [3.05, 3.63) is 65.7 Å². The molecule has 0 aliphatic carbocycles. The summed E-state index contributed by atoms with van der Waals surface area (Å²) in [5.74, 6) is -1.02. The second kappa shape index (κ2) is 10.9. The fraction of sp³-hybridized carbons (Fsp3) is 0.318. The largest absolute Gasteiger partial charge is 0.465 e. The molecule has 0 radical (unpaired) electrons. The number of amides is 2. The average Bonchev–Trinajstić information content (AvgIpc) is 2.67. The first-order valence-corrected chi connectivity index (χ1v) is 9.35. The van der Waals surface area contributed by atoms with Gasteiger partial charge < -0.3 is 15.4 Å². The summed E-state index contributed by atoms with van der Waals surface area (Å²) in [5.41, 5.74) is 1.89. The average molecular weight is 382 g/mol. The summed E-state index contributed by atoms with van der Waals surface area (Å²) < 4.78 is 5.17. The van der Waals surface area contributed by atoms with E-state index < -0.39 is 5.97 Å². The molecule has 0 aromatic heterocycles. The Morgan fingerprint density at radius 3 is 2.32 bits per heavy atom. The van der Waals surface area contributed by atoms with E-state index in [1.165, 1.54) is 0 Å². The molecule has 148 valence electrons. The van der Waals surface area contributed by atoms with Crippen molar-refractivity contribution in [2.75, 3.05) is 11.9 Å². The first kappa shape index (κ1) is 21.2. The summed E-state index contributed by atoms with van der Waals surface area (Å²) in [6, 6.07) is 16.5. The van der Waals surface area contributed by atoms with Gasteiger partial charge in [-0.2, -0.15) is 0 Å². The quantitative estimate of drug-likeness (QED) is 0.652. The van der Waals surface area contributed by atoms with Crippen molar-refractivity contribution >= 4 is 23.5 Å². The van der Waals surface area contributed by atoms with Gasteiger partial charge in [-0.05, 0) is 31.5 Å². The smallest absolute Gasteiger partial charge is 0.306 e. The van der Waals surface area contributed by atoms with Crippen LogP contribution in [0, 0.1) is 0 Å². The summed E-state index contributed by atoms with van der Waals surface area (Å²) in [6.45, 7) is 4.01. The lowest BCUT2D eigenvalue weighted by molar-refractivity contribution is -0.144. The number of carbonyl (C=O) groups excluding carboxylic acids is 3. The number of benzene rings is 2. The van der Waals surface area contributed by atoms with Crippen molar-refractivity contribution in [3.8, 4) is 0 Å². The van der Waals surface area contributed by atoms with Crippen LogP contribution in [-0.2, 0) is 20.7 Å². The van der Waals surface area contributed by atoms with Crippen LogP contribution in [0.15, 0.2) is 54.6 Å². The molecule has 0 saturated carbocycles. The van der Waals surface area contributed by atoms with Crippen LogP contribution in [0.3, 0.4) is 0 Å². The number of nitrogens with one attached hydrogen (secondary N) is 2. The minimum absolute atomic E-state index is 0.00962. The van der Waals surface area contributed by atoms with Gasteiger partial charge in [0, 0.05) is 18.9 Å². The highest BCUT2D eigenvalue weighted by Gasteiger charge is 2.14. The Balaban J connectivity index is 1.78. The van der Waals surface area contributed by atoms with E-state index in [1.807, 2.05) is 44.2 Å². The molecule has 0 unspecified atom stereocenters. The van der Waals surface area contributed by atoms with Crippen LogP contribution in [-0.4, -0.2) is 30.4 Å². The summed E-state index contributed by atoms with van der Waals surface area (Å²) >= 11 is 0. The van der Waals surface area contributed by atoms with Gasteiger partial charge in [-0.15, -0.1) is 0 Å². The van der Waals surface area contributed by atoms with Gasteiger partial charge in [-0.1, -0.05) is 42.5 Å². The zero-order chi connectivity index (χ0) is 20.4. The van der Waals surface area contributed by atoms with E-state index >= 15 is 0 Å². The van der Waals surface area contributed by atoms with Gasteiger partial charge in [-0.3, -0.25) is 14.4 Å². The predicted molar refractivity (Wildman–Crippen MR) is 108 cm³/mol. The zero-order valence-electron chi connectivity index (χ0n) is 16.2. The summed E-state index contributed by atoms with van der Waals surface area (Å²) in [7, 11) is 0. The van der Waals surface area contributed by atoms with Crippen molar-refractivity contribution in [3.63, 3.8) is 0 Å². The molecule has 0 saturated heterocycles. The number of carbonyl (C=O) groups is 3. The number of ether oxygens (including phenoxy) is 1. The molecule has 0 bridgehead atoms. The molecular formula is C22H26N2O4. The number of para-hydroxylation sites is 1. The van der Waals surface area contributed by atoms with E-state index in [4.69, 9.17) is 4.74 Å². The maximum absolute atomic E-state index is 12.2. The van der Waals surface area contributed by atoms with E-state index in [0.717, 1.165) is 5.56 Å². The number of anilines is 1. The third-order valence-electron chi connectivity index (χ3n) is 3.92. The van der Waals surface area contributed by atoms with Crippen LogP contribution in [0.25, 0.3) is 0 Å². The standard InChI is InChI=1S/C22H26N2O4/c1-16(2)23-22(27)18-10-6-7-11-19(18)24-20(25)12-13-21(26)28-15-14-17-8-4-3-5-9-17/h3-11,16H,12-15H2,1-2H3,(H,23,27)(H,24,25). The van der Waals surface area contributed by atoms with Crippen LogP contribution in [0.2, 0.25) is 0 Å². The van der Waals surface area contributed by atoms with Crippen molar-refractivity contribution in [2.45, 2.75) is 39.2 Å². The van der Waals surface area contributed by atoms with Gasteiger partial charge in [-0.25, -0.2) is 0 Å². The van der Waals surface area contributed by atoms with Crippen LogP contribution < -0.4 is 10.6 Å². The molecule has 0 aliphatic rings. The molecule has 6 nitrogen and oxygen atoms in total. The molecule has 28 heavy (non-hydrogen) atoms. The third-order valence-corrected chi connectivity index (χ3v) is 3.92. The summed E-state index contributed by atoms with van der Waals surface area (Å²) in [5, 5.41) is 5.49. The molecule has 0 heterocycles. The zero-order valence-corrected chi connectivity index (χ0v) is 16.2. The lowest BCUT2D eigenvalue weighted by atomic mass is 10.1. The summed E-state index contributed by atoms with van der Waals surface area (Å²) in [6.07, 6.45) is 0.613. The van der Waals surface area contributed by atoms with E-state index in [-0.39, 0.29) is 37.3 Å². The van der Waals surface area contributed by atoms with Crippen molar-refractivity contribution in [1.29, 1.82) is 0 Å². The number of esters is 1. The Hall–Kier alpha value is -3.15. The Bertz CT molecular complexity index is 803. The van der Waals surface area contributed by atoms with Gasteiger partial charge in [0.25, 0.3) is 5.91 Å². The minimum Gasteiger partial charge on any atom is -0.465 e. The highest BCUT2D eigenvalue weighted by molar-refractivity contribution is 6.04. The Morgan fingerprint density at radius 2 is 1.61 bits per heavy atom. The van der Waals surface area contributed by atoms with Crippen LogP contribution in [0.4, 0.5) is 5.69 Å². The molecule has 0 atom stereocenters. The molecule has 2 aromatic carbocycles. The van der Waals surface area contributed by atoms with Crippen LogP contribution >= 0.6 is 0 Å². The maximum Gasteiger partial charge on any atom is 0.306 e. The highest BCUT2D eigenvalue weighted by Crippen LogP contribution is 2.16. The molecule has 0 aliphatic heterocycles. The maximum atomic E-state index is 12.2. The topological polar surface area (TPSA) is 84.5 Å². The van der Waals surface area contributed by atoms with Gasteiger partial charge in [0.2, 0.25) is 5.91 Å². The van der Waals surface area contributed by atoms with Crippen LogP contribution in [0.1, 0.15) is 42.6 Å². The predicted octanol–water partition coefficient (Wildman–Crippen LogP) is 3.33. The fourth-order valence-corrected chi connectivity index (χ4v) is 2.56. The Morgan fingerprint density at radius 1 is 0.929 bits per heavy atom. The Labute approximate surface area is 165 Å².